The van der Waals surface area contributed by atoms with Crippen LogP contribution in [0.25, 0.3) is 0 Å². The van der Waals surface area contributed by atoms with E-state index in [0.717, 1.165) is 16.1 Å². The van der Waals surface area contributed by atoms with Crippen molar-refractivity contribution < 1.29 is 18.0 Å². The van der Waals surface area contributed by atoms with E-state index in [1.165, 1.54) is 13.0 Å². The molecule has 2 aromatic rings. The van der Waals surface area contributed by atoms with Gasteiger partial charge in [-0.3, -0.25) is 13.9 Å². The third-order valence-corrected chi connectivity index (χ3v) is 4.90. The fourth-order valence-corrected chi connectivity index (χ4v) is 3.41. The second kappa shape index (κ2) is 8.88. The molecular weight excluding hydrogens is 390 g/mol. The van der Waals surface area contributed by atoms with Gasteiger partial charge in [-0.05, 0) is 35.9 Å². The van der Waals surface area contributed by atoms with Gasteiger partial charge >= 0.3 is 0 Å². The lowest BCUT2D eigenvalue weighted by Crippen LogP contribution is -2.40. The van der Waals surface area contributed by atoms with Gasteiger partial charge in [0.25, 0.3) is 0 Å². The Morgan fingerprint density at radius 1 is 1.11 bits per heavy atom. The van der Waals surface area contributed by atoms with Crippen molar-refractivity contribution in [2.45, 2.75) is 13.5 Å². The molecule has 0 atom stereocenters. The Kier molecular flexibility index (Phi) is 6.81. The summed E-state index contributed by atoms with van der Waals surface area (Å²) in [5.41, 5.74) is 1.70. The van der Waals surface area contributed by atoms with E-state index in [0.29, 0.717) is 16.4 Å². The molecule has 0 aliphatic carbocycles. The highest BCUT2D eigenvalue weighted by atomic mass is 35.5. The monoisotopic (exact) mass is 409 g/mol. The fraction of sp³-hybridized carbons (Fsp3) is 0.222. The third-order valence-electron chi connectivity index (χ3n) is 3.52. The third kappa shape index (κ3) is 6.58. The molecule has 2 rings (SSSR count). The standard InChI is InChI=1S/C18H20ClN3O4S/c1-13(23)21-16-7-3-5-14(9-16)11-20-18(24)12-22(27(2,25)26)17-8-4-6-15(19)10-17/h3-10H,11-12H2,1-2H3,(H,20,24)(H,21,23). The van der Waals surface area contributed by atoms with Gasteiger partial charge in [-0.2, -0.15) is 0 Å². The summed E-state index contributed by atoms with van der Waals surface area (Å²) < 4.78 is 25.1. The number of benzene rings is 2. The van der Waals surface area contributed by atoms with Crippen LogP contribution in [0.3, 0.4) is 0 Å². The first kappa shape index (κ1) is 20.7. The number of carbonyl (C=O) groups excluding carboxylic acids is 2. The van der Waals surface area contributed by atoms with E-state index >= 15 is 0 Å². The van der Waals surface area contributed by atoms with Crippen LogP contribution in [-0.4, -0.2) is 33.0 Å². The predicted octanol–water partition coefficient (Wildman–Crippen LogP) is 2.38. The minimum Gasteiger partial charge on any atom is -0.350 e. The Balaban J connectivity index is 2.05. The van der Waals surface area contributed by atoms with Gasteiger partial charge in [-0.25, -0.2) is 8.42 Å². The van der Waals surface area contributed by atoms with Gasteiger partial charge < -0.3 is 10.6 Å². The number of nitrogens with zero attached hydrogens (tertiary/aromatic N) is 1. The molecule has 0 aromatic heterocycles. The summed E-state index contributed by atoms with van der Waals surface area (Å²) in [6.07, 6.45) is 1.03. The number of amides is 2. The fourth-order valence-electron chi connectivity index (χ4n) is 2.38. The Bertz CT molecular complexity index is 947. The Morgan fingerprint density at radius 2 is 1.81 bits per heavy atom. The number of rotatable bonds is 7. The van der Waals surface area contributed by atoms with Crippen molar-refractivity contribution in [1.29, 1.82) is 0 Å². The quantitative estimate of drug-likeness (QED) is 0.733. The molecule has 0 fully saturated rings. The first-order valence-corrected chi connectivity index (χ1v) is 10.2. The minimum absolute atomic E-state index is 0.193. The van der Waals surface area contributed by atoms with Crippen molar-refractivity contribution in [2.24, 2.45) is 0 Å². The zero-order chi connectivity index (χ0) is 20.0. The van der Waals surface area contributed by atoms with Gasteiger partial charge in [0, 0.05) is 24.2 Å². The summed E-state index contributed by atoms with van der Waals surface area (Å²) >= 11 is 5.92. The maximum absolute atomic E-state index is 12.3. The molecular formula is C18H20ClN3O4S. The largest absolute Gasteiger partial charge is 0.350 e. The van der Waals surface area contributed by atoms with Gasteiger partial charge in [-0.15, -0.1) is 0 Å². The lowest BCUT2D eigenvalue weighted by atomic mass is 10.2. The van der Waals surface area contributed by atoms with Crippen LogP contribution < -0.4 is 14.9 Å². The van der Waals surface area contributed by atoms with Crippen LogP contribution in [0, 0.1) is 0 Å². The first-order chi connectivity index (χ1) is 12.6. The summed E-state index contributed by atoms with van der Waals surface area (Å²) in [7, 11) is -3.67. The number of hydrogen-bond acceptors (Lipinski definition) is 4. The van der Waals surface area contributed by atoms with Crippen LogP contribution >= 0.6 is 11.6 Å². The first-order valence-electron chi connectivity index (χ1n) is 8.01. The Labute approximate surface area is 163 Å². The van der Waals surface area contributed by atoms with Crippen molar-refractivity contribution in [2.75, 3.05) is 22.4 Å². The molecule has 0 bridgehead atoms. The van der Waals surface area contributed by atoms with E-state index in [4.69, 9.17) is 11.6 Å². The van der Waals surface area contributed by atoms with E-state index in [9.17, 15) is 18.0 Å². The number of sulfonamides is 1. The minimum atomic E-state index is -3.67. The smallest absolute Gasteiger partial charge is 0.241 e. The molecule has 0 saturated heterocycles. The maximum atomic E-state index is 12.3. The second-order valence-electron chi connectivity index (χ2n) is 5.91. The summed E-state index contributed by atoms with van der Waals surface area (Å²) in [6.45, 7) is 1.23. The van der Waals surface area contributed by atoms with Crippen molar-refractivity contribution in [3.05, 3.63) is 59.1 Å². The zero-order valence-electron chi connectivity index (χ0n) is 14.9. The van der Waals surface area contributed by atoms with E-state index in [2.05, 4.69) is 10.6 Å². The van der Waals surface area contributed by atoms with Crippen LogP contribution in [0.4, 0.5) is 11.4 Å². The van der Waals surface area contributed by atoms with Crippen LogP contribution in [0.15, 0.2) is 48.5 Å². The highest BCUT2D eigenvalue weighted by molar-refractivity contribution is 7.92. The maximum Gasteiger partial charge on any atom is 0.241 e. The lowest BCUT2D eigenvalue weighted by molar-refractivity contribution is -0.119. The molecule has 0 aliphatic heterocycles. The number of halogens is 1. The van der Waals surface area contributed by atoms with Gasteiger partial charge in [0.1, 0.15) is 6.54 Å². The highest BCUT2D eigenvalue weighted by Gasteiger charge is 2.21. The van der Waals surface area contributed by atoms with Crippen LogP contribution in [-0.2, 0) is 26.2 Å². The molecule has 0 radical (unpaired) electrons. The molecule has 2 aromatic carbocycles. The summed E-state index contributed by atoms with van der Waals surface area (Å²) in [5, 5.41) is 5.71. The van der Waals surface area contributed by atoms with E-state index in [-0.39, 0.29) is 19.0 Å². The zero-order valence-corrected chi connectivity index (χ0v) is 16.5. The number of nitrogens with one attached hydrogen (secondary N) is 2. The average Bonchev–Trinajstić information content (AvgIpc) is 2.56. The topological polar surface area (TPSA) is 95.6 Å². The SMILES string of the molecule is CC(=O)Nc1cccc(CNC(=O)CN(c2cccc(Cl)c2)S(C)(=O)=O)c1. The number of anilines is 2. The summed E-state index contributed by atoms with van der Waals surface area (Å²) in [6, 6.07) is 13.3. The van der Waals surface area contributed by atoms with E-state index in [1.807, 2.05) is 0 Å². The number of carbonyl (C=O) groups is 2. The van der Waals surface area contributed by atoms with E-state index in [1.54, 1.807) is 42.5 Å². The molecule has 0 saturated carbocycles. The molecule has 7 nitrogen and oxygen atoms in total. The predicted molar refractivity (Wildman–Crippen MR) is 106 cm³/mol. The van der Waals surface area contributed by atoms with Gasteiger partial charge in [-0.1, -0.05) is 29.8 Å². The molecule has 144 valence electrons. The second-order valence-corrected chi connectivity index (χ2v) is 8.25. The number of hydrogen-bond donors (Lipinski definition) is 2. The lowest BCUT2D eigenvalue weighted by Gasteiger charge is -2.22. The molecule has 27 heavy (non-hydrogen) atoms. The van der Waals surface area contributed by atoms with Crippen LogP contribution in [0.1, 0.15) is 12.5 Å². The van der Waals surface area contributed by atoms with Crippen molar-refractivity contribution >= 4 is 44.8 Å². The van der Waals surface area contributed by atoms with Crippen LogP contribution in [0.2, 0.25) is 5.02 Å². The normalized spacial score (nSPS) is 10.9. The highest BCUT2D eigenvalue weighted by Crippen LogP contribution is 2.21. The van der Waals surface area contributed by atoms with Gasteiger partial charge in [0.05, 0.1) is 11.9 Å². The molecule has 9 heteroatoms. The summed E-state index contributed by atoms with van der Waals surface area (Å²) in [4.78, 5) is 23.4. The summed E-state index contributed by atoms with van der Waals surface area (Å²) in [5.74, 6) is -0.660. The molecule has 0 heterocycles. The average molecular weight is 410 g/mol. The van der Waals surface area contributed by atoms with Crippen molar-refractivity contribution in [3.8, 4) is 0 Å². The molecule has 2 N–H and O–H groups in total. The molecule has 0 spiro atoms. The molecule has 2 amide bonds. The van der Waals surface area contributed by atoms with Gasteiger partial charge in [0.15, 0.2) is 0 Å². The molecule has 0 aliphatic rings. The Morgan fingerprint density at radius 3 is 2.44 bits per heavy atom. The van der Waals surface area contributed by atoms with Crippen LogP contribution in [0.5, 0.6) is 0 Å². The molecule has 0 unspecified atom stereocenters. The van der Waals surface area contributed by atoms with Gasteiger partial charge in [0.2, 0.25) is 21.8 Å². The Hall–Kier alpha value is -2.58. The van der Waals surface area contributed by atoms with E-state index < -0.39 is 15.9 Å². The van der Waals surface area contributed by atoms with Crippen molar-refractivity contribution in [1.82, 2.24) is 5.32 Å². The van der Waals surface area contributed by atoms with Crippen molar-refractivity contribution in [3.63, 3.8) is 0 Å².